The SMILES string of the molecule is CN/C=C1/C=C(c2cc3ccc(OCC(F)F)nc3n(-c3ccc(C4CC4)nc3)c2=O)C=CC1=N. The normalized spacial score (nSPS) is 16.7. The molecule has 1 fully saturated rings. The number of hydrogen-bond donors (Lipinski definition) is 2. The molecule has 178 valence electrons. The van der Waals surface area contributed by atoms with Gasteiger partial charge in [-0.05, 0) is 54.8 Å². The Labute approximate surface area is 200 Å². The van der Waals surface area contributed by atoms with Crippen molar-refractivity contribution in [3.05, 3.63) is 88.1 Å². The van der Waals surface area contributed by atoms with Gasteiger partial charge in [0, 0.05) is 47.4 Å². The number of fused-ring (bicyclic) bond motifs is 1. The quantitative estimate of drug-likeness (QED) is 0.529. The summed E-state index contributed by atoms with van der Waals surface area (Å²) in [5.74, 6) is 0.465. The number of rotatable bonds is 7. The predicted molar refractivity (Wildman–Crippen MR) is 131 cm³/mol. The average Bonchev–Trinajstić information content (AvgIpc) is 3.70. The van der Waals surface area contributed by atoms with Gasteiger partial charge in [-0.2, -0.15) is 4.98 Å². The maximum absolute atomic E-state index is 13.8. The Balaban J connectivity index is 1.69. The van der Waals surface area contributed by atoms with Crippen molar-refractivity contribution in [1.29, 1.82) is 5.41 Å². The first-order valence-electron chi connectivity index (χ1n) is 11.2. The van der Waals surface area contributed by atoms with Crippen LogP contribution in [0.3, 0.4) is 0 Å². The summed E-state index contributed by atoms with van der Waals surface area (Å²) < 4.78 is 31.9. The first-order valence-corrected chi connectivity index (χ1v) is 11.2. The van der Waals surface area contributed by atoms with Crippen LogP contribution in [0.2, 0.25) is 0 Å². The van der Waals surface area contributed by atoms with Gasteiger partial charge in [0.25, 0.3) is 12.0 Å². The van der Waals surface area contributed by atoms with Crippen molar-refractivity contribution in [2.24, 2.45) is 0 Å². The lowest BCUT2D eigenvalue weighted by atomic mass is 9.95. The molecular formula is C26H23F2N5O2. The van der Waals surface area contributed by atoms with Crippen molar-refractivity contribution in [2.45, 2.75) is 25.2 Å². The van der Waals surface area contributed by atoms with Crippen LogP contribution in [-0.4, -0.2) is 40.3 Å². The van der Waals surface area contributed by atoms with Gasteiger partial charge < -0.3 is 15.5 Å². The Bertz CT molecular complexity index is 1450. The summed E-state index contributed by atoms with van der Waals surface area (Å²) in [5.41, 5.74) is 3.46. The zero-order chi connectivity index (χ0) is 24.5. The summed E-state index contributed by atoms with van der Waals surface area (Å²) in [6.07, 6.45) is 8.04. The number of nitrogens with zero attached hydrogens (tertiary/aromatic N) is 3. The number of halogens is 2. The molecule has 35 heavy (non-hydrogen) atoms. The molecule has 7 nitrogen and oxygen atoms in total. The molecule has 3 aromatic rings. The second kappa shape index (κ2) is 9.25. The van der Waals surface area contributed by atoms with Gasteiger partial charge in [0.1, 0.15) is 0 Å². The molecule has 0 aliphatic heterocycles. The van der Waals surface area contributed by atoms with Gasteiger partial charge in [-0.25, -0.2) is 8.78 Å². The Hall–Kier alpha value is -4.14. The standard InChI is InChI=1S/C26H23F2N5O2/c1-30-12-18-10-16(4-7-21(18)29)20-11-17-5-9-24(35-14-23(27)28)32-25(17)33(26(20)34)19-6-8-22(31-13-19)15-2-3-15/h4-13,15,23,29-30H,2-3,14H2,1H3/b18-12-,29-21?. The van der Waals surface area contributed by atoms with Gasteiger partial charge in [0.15, 0.2) is 12.3 Å². The number of ether oxygens (including phenoxy) is 1. The molecule has 2 aliphatic carbocycles. The molecule has 3 aromatic heterocycles. The molecule has 2 aliphatic rings. The average molecular weight is 475 g/mol. The van der Waals surface area contributed by atoms with E-state index < -0.39 is 13.0 Å². The fourth-order valence-corrected chi connectivity index (χ4v) is 4.00. The highest BCUT2D eigenvalue weighted by Crippen LogP contribution is 2.39. The summed E-state index contributed by atoms with van der Waals surface area (Å²) >= 11 is 0. The number of alkyl halides is 2. The monoisotopic (exact) mass is 475 g/mol. The molecular weight excluding hydrogens is 452 g/mol. The van der Waals surface area contributed by atoms with Crippen LogP contribution < -0.4 is 15.6 Å². The fourth-order valence-electron chi connectivity index (χ4n) is 4.00. The number of allylic oxidation sites excluding steroid dienone is 5. The van der Waals surface area contributed by atoms with Crippen molar-refractivity contribution in [1.82, 2.24) is 19.9 Å². The van der Waals surface area contributed by atoms with Crippen LogP contribution in [0.15, 0.2) is 71.3 Å². The lowest BCUT2D eigenvalue weighted by Gasteiger charge is -2.16. The van der Waals surface area contributed by atoms with Gasteiger partial charge in [-0.1, -0.05) is 6.08 Å². The van der Waals surface area contributed by atoms with E-state index in [1.54, 1.807) is 49.8 Å². The Morgan fingerprint density at radius 1 is 1.26 bits per heavy atom. The summed E-state index contributed by atoms with van der Waals surface area (Å²) in [6, 6.07) is 8.64. The highest BCUT2D eigenvalue weighted by atomic mass is 19.3. The summed E-state index contributed by atoms with van der Waals surface area (Å²) in [4.78, 5) is 22.7. The predicted octanol–water partition coefficient (Wildman–Crippen LogP) is 4.38. The van der Waals surface area contributed by atoms with Crippen molar-refractivity contribution < 1.29 is 13.5 Å². The minimum Gasteiger partial charge on any atom is -0.472 e. The lowest BCUT2D eigenvalue weighted by Crippen LogP contribution is -2.24. The third kappa shape index (κ3) is 4.62. The third-order valence-electron chi connectivity index (χ3n) is 5.87. The van der Waals surface area contributed by atoms with E-state index >= 15 is 0 Å². The maximum Gasteiger partial charge on any atom is 0.272 e. The van der Waals surface area contributed by atoms with Crippen molar-refractivity contribution in [3.63, 3.8) is 0 Å². The molecule has 0 aromatic carbocycles. The Morgan fingerprint density at radius 3 is 2.77 bits per heavy atom. The zero-order valence-corrected chi connectivity index (χ0v) is 19.0. The molecule has 0 bridgehead atoms. The Morgan fingerprint density at radius 2 is 2.09 bits per heavy atom. The summed E-state index contributed by atoms with van der Waals surface area (Å²) in [6.45, 7) is -0.789. The first-order chi connectivity index (χ1) is 16.9. The van der Waals surface area contributed by atoms with E-state index in [1.165, 1.54) is 10.6 Å². The molecule has 0 spiro atoms. The van der Waals surface area contributed by atoms with Crippen molar-refractivity contribution in [3.8, 4) is 11.6 Å². The van der Waals surface area contributed by atoms with E-state index in [4.69, 9.17) is 10.1 Å². The number of aromatic nitrogens is 3. The molecule has 0 unspecified atom stereocenters. The van der Waals surface area contributed by atoms with Gasteiger partial charge in [0.05, 0.1) is 17.6 Å². The van der Waals surface area contributed by atoms with Crippen LogP contribution in [-0.2, 0) is 0 Å². The van der Waals surface area contributed by atoms with Crippen LogP contribution in [0.25, 0.3) is 22.3 Å². The number of nitrogens with one attached hydrogen (secondary N) is 2. The fraction of sp³-hybridized carbons (Fsp3) is 0.231. The molecule has 0 saturated heterocycles. The van der Waals surface area contributed by atoms with Crippen LogP contribution in [0.5, 0.6) is 5.88 Å². The van der Waals surface area contributed by atoms with Crippen LogP contribution in [0.4, 0.5) is 8.78 Å². The van der Waals surface area contributed by atoms with E-state index in [0.29, 0.717) is 39.4 Å². The molecule has 9 heteroatoms. The van der Waals surface area contributed by atoms with E-state index in [9.17, 15) is 13.6 Å². The zero-order valence-electron chi connectivity index (χ0n) is 19.0. The minimum absolute atomic E-state index is 0.00530. The Kier molecular flexibility index (Phi) is 5.98. The third-order valence-corrected chi connectivity index (χ3v) is 5.87. The van der Waals surface area contributed by atoms with Gasteiger partial charge in [-0.15, -0.1) is 0 Å². The van der Waals surface area contributed by atoms with E-state index in [2.05, 4.69) is 15.3 Å². The highest BCUT2D eigenvalue weighted by Gasteiger charge is 2.25. The van der Waals surface area contributed by atoms with Gasteiger partial charge in [-0.3, -0.25) is 14.3 Å². The van der Waals surface area contributed by atoms with Crippen LogP contribution in [0.1, 0.15) is 30.0 Å². The molecule has 0 radical (unpaired) electrons. The molecule has 1 saturated carbocycles. The van der Waals surface area contributed by atoms with Crippen molar-refractivity contribution >= 4 is 22.3 Å². The molecule has 0 atom stereocenters. The maximum atomic E-state index is 13.8. The van der Waals surface area contributed by atoms with Crippen LogP contribution >= 0.6 is 0 Å². The van der Waals surface area contributed by atoms with E-state index in [-0.39, 0.29) is 17.1 Å². The first kappa shape index (κ1) is 22.6. The second-order valence-electron chi connectivity index (χ2n) is 8.41. The van der Waals surface area contributed by atoms with E-state index in [0.717, 1.165) is 18.5 Å². The number of hydrogen-bond acceptors (Lipinski definition) is 6. The minimum atomic E-state index is -2.64. The van der Waals surface area contributed by atoms with E-state index in [1.807, 2.05) is 12.1 Å². The molecule has 5 rings (SSSR count). The topological polar surface area (TPSA) is 92.9 Å². The molecule has 3 heterocycles. The van der Waals surface area contributed by atoms with Gasteiger partial charge >= 0.3 is 0 Å². The van der Waals surface area contributed by atoms with Crippen molar-refractivity contribution in [2.75, 3.05) is 13.7 Å². The lowest BCUT2D eigenvalue weighted by molar-refractivity contribution is 0.0797. The highest BCUT2D eigenvalue weighted by molar-refractivity contribution is 6.13. The summed E-state index contributed by atoms with van der Waals surface area (Å²) in [7, 11) is 1.74. The van der Waals surface area contributed by atoms with Gasteiger partial charge in [0.2, 0.25) is 5.88 Å². The molecule has 0 amide bonds. The summed E-state index contributed by atoms with van der Waals surface area (Å²) in [5, 5.41) is 11.7. The molecule has 2 N–H and O–H groups in total. The van der Waals surface area contributed by atoms with Crippen LogP contribution in [0, 0.1) is 5.41 Å². The largest absolute Gasteiger partial charge is 0.472 e. The number of pyridine rings is 3. The smallest absolute Gasteiger partial charge is 0.272 e. The second-order valence-corrected chi connectivity index (χ2v) is 8.41.